The van der Waals surface area contributed by atoms with Crippen LogP contribution in [0.25, 0.3) is 28.2 Å². The van der Waals surface area contributed by atoms with E-state index in [1.165, 1.54) is 5.69 Å². The van der Waals surface area contributed by atoms with Gasteiger partial charge in [0, 0.05) is 43.5 Å². The topological polar surface area (TPSA) is 78.4 Å². The molecule has 2 aromatic carbocycles. The molecule has 0 atom stereocenters. The Morgan fingerprint density at radius 1 is 1.03 bits per heavy atom. The Hall–Kier alpha value is -3.23. The third kappa shape index (κ3) is 4.49. The highest BCUT2D eigenvalue weighted by Gasteiger charge is 2.25. The number of carbonyl (C=O) groups excluding carboxylic acids is 2. The number of thioether (sulfide) groups is 1. The van der Waals surface area contributed by atoms with E-state index in [4.69, 9.17) is 4.98 Å². The Kier molecular flexibility index (Phi) is 5.86. The van der Waals surface area contributed by atoms with Crippen LogP contribution in [0.4, 0.5) is 10.5 Å². The second-order valence-electron chi connectivity index (χ2n) is 8.48. The molecule has 0 unspecified atom stereocenters. The van der Waals surface area contributed by atoms with Crippen LogP contribution in [0.5, 0.6) is 0 Å². The van der Waals surface area contributed by atoms with Crippen LogP contribution in [0.3, 0.4) is 0 Å². The van der Waals surface area contributed by atoms with Gasteiger partial charge in [-0.25, -0.2) is 4.98 Å². The van der Waals surface area contributed by atoms with Gasteiger partial charge in [0.15, 0.2) is 0 Å². The number of fused-ring (bicyclic) bond motifs is 1. The Balaban J connectivity index is 1.42. The molecule has 8 heteroatoms. The Morgan fingerprint density at radius 3 is 2.45 bits per heavy atom. The number of piperazine rings is 1. The minimum absolute atomic E-state index is 0.327. The van der Waals surface area contributed by atoms with Gasteiger partial charge in [0.2, 0.25) is 0 Å². The number of rotatable bonds is 4. The summed E-state index contributed by atoms with van der Waals surface area (Å²) in [7, 11) is 0. The predicted octanol–water partition coefficient (Wildman–Crippen LogP) is 4.15. The molecule has 2 saturated heterocycles. The zero-order valence-corrected chi connectivity index (χ0v) is 19.4. The van der Waals surface area contributed by atoms with Crippen molar-refractivity contribution in [1.82, 2.24) is 20.2 Å². The molecule has 1 N–H and O–H groups in total. The van der Waals surface area contributed by atoms with Crippen molar-refractivity contribution < 1.29 is 9.59 Å². The van der Waals surface area contributed by atoms with E-state index >= 15 is 0 Å². The number of hydrogen-bond acceptors (Lipinski definition) is 7. The molecule has 2 aliphatic rings. The molecular weight excluding hydrogens is 434 g/mol. The summed E-state index contributed by atoms with van der Waals surface area (Å²) in [6.45, 7) is 8.73. The maximum Gasteiger partial charge on any atom is 0.290 e. The van der Waals surface area contributed by atoms with Crippen LogP contribution in [-0.4, -0.2) is 58.2 Å². The van der Waals surface area contributed by atoms with E-state index in [0.717, 1.165) is 60.1 Å². The van der Waals surface area contributed by atoms with E-state index in [1.54, 1.807) is 12.3 Å². The van der Waals surface area contributed by atoms with Gasteiger partial charge < -0.3 is 4.90 Å². The highest BCUT2D eigenvalue weighted by atomic mass is 32.2. The molecule has 7 nitrogen and oxygen atoms in total. The molecule has 1 aromatic heterocycles. The predicted molar refractivity (Wildman–Crippen MR) is 133 cm³/mol. The number of imide groups is 1. The molecule has 33 heavy (non-hydrogen) atoms. The minimum Gasteiger partial charge on any atom is -0.369 e. The van der Waals surface area contributed by atoms with E-state index in [9.17, 15) is 9.59 Å². The monoisotopic (exact) mass is 459 g/mol. The van der Waals surface area contributed by atoms with Crippen molar-refractivity contribution >= 4 is 45.7 Å². The summed E-state index contributed by atoms with van der Waals surface area (Å²) in [5.41, 5.74) is 5.36. The average Bonchev–Trinajstić information content (AvgIpc) is 3.15. The number of nitrogens with one attached hydrogen (secondary N) is 1. The number of hydrogen-bond donors (Lipinski definition) is 1. The second-order valence-corrected chi connectivity index (χ2v) is 9.50. The summed E-state index contributed by atoms with van der Waals surface area (Å²) in [6.07, 6.45) is 3.23. The fourth-order valence-electron chi connectivity index (χ4n) is 4.25. The summed E-state index contributed by atoms with van der Waals surface area (Å²) in [5, 5.41) is 1.89. The van der Waals surface area contributed by atoms with Crippen LogP contribution in [-0.2, 0) is 4.79 Å². The number of nitrogens with zero attached hydrogens (tertiary/aromatic N) is 4. The fourth-order valence-corrected chi connectivity index (χ4v) is 4.92. The summed E-state index contributed by atoms with van der Waals surface area (Å²) in [4.78, 5) is 37.9. The number of anilines is 1. The molecule has 0 radical (unpaired) electrons. The lowest BCUT2D eigenvalue weighted by Crippen LogP contribution is -2.48. The Morgan fingerprint density at radius 2 is 1.79 bits per heavy atom. The molecule has 0 saturated carbocycles. The Labute approximate surface area is 196 Å². The van der Waals surface area contributed by atoms with Crippen molar-refractivity contribution in [3.8, 4) is 11.1 Å². The molecule has 3 aromatic rings. The largest absolute Gasteiger partial charge is 0.369 e. The van der Waals surface area contributed by atoms with Gasteiger partial charge in [-0.1, -0.05) is 24.3 Å². The summed E-state index contributed by atoms with van der Waals surface area (Å²) in [5.74, 6) is -0.398. The van der Waals surface area contributed by atoms with Gasteiger partial charge in [-0.05, 0) is 55.4 Å². The van der Waals surface area contributed by atoms with Crippen LogP contribution >= 0.6 is 11.8 Å². The third-order valence-electron chi connectivity index (χ3n) is 6.10. The fraction of sp³-hybridized carbons (Fsp3) is 0.280. The molecular formula is C25H25N5O2S. The molecule has 2 fully saturated rings. The van der Waals surface area contributed by atoms with Gasteiger partial charge in [-0.2, -0.15) is 0 Å². The van der Waals surface area contributed by atoms with Gasteiger partial charge in [-0.3, -0.25) is 24.8 Å². The maximum absolute atomic E-state index is 11.9. The molecule has 168 valence electrons. The van der Waals surface area contributed by atoms with Gasteiger partial charge in [0.1, 0.15) is 0 Å². The lowest BCUT2D eigenvalue weighted by Gasteiger charge is -2.38. The van der Waals surface area contributed by atoms with Gasteiger partial charge in [0.25, 0.3) is 11.1 Å². The molecule has 2 aliphatic heterocycles. The molecule has 5 rings (SSSR count). The van der Waals surface area contributed by atoms with Crippen LogP contribution in [0, 0.1) is 0 Å². The van der Waals surface area contributed by atoms with E-state index in [2.05, 4.69) is 58.2 Å². The highest BCUT2D eigenvalue weighted by Crippen LogP contribution is 2.30. The first kappa shape index (κ1) is 21.6. The zero-order chi connectivity index (χ0) is 22.9. The van der Waals surface area contributed by atoms with E-state index in [0.29, 0.717) is 16.6 Å². The summed E-state index contributed by atoms with van der Waals surface area (Å²) >= 11 is 0.877. The second kappa shape index (κ2) is 8.96. The number of para-hydroxylation sites is 1. The summed E-state index contributed by atoms with van der Waals surface area (Å²) < 4.78 is 0. The SMILES string of the molecule is CC(C)N1CCN(c2ccc(-c3cccc4ncc(C=C5SC(=O)NC5=O)nc34)cc2)CC1. The van der Waals surface area contributed by atoms with E-state index in [-0.39, 0.29) is 5.24 Å². The molecule has 2 amide bonds. The quantitative estimate of drug-likeness (QED) is 0.587. The molecule has 0 aliphatic carbocycles. The van der Waals surface area contributed by atoms with E-state index in [1.807, 2.05) is 18.2 Å². The minimum atomic E-state index is -0.398. The maximum atomic E-state index is 11.9. The number of carbonyl (C=O) groups is 2. The summed E-state index contributed by atoms with van der Waals surface area (Å²) in [6, 6.07) is 15.1. The number of aromatic nitrogens is 2. The van der Waals surface area contributed by atoms with Gasteiger partial charge in [0.05, 0.1) is 27.8 Å². The van der Waals surface area contributed by atoms with E-state index < -0.39 is 5.91 Å². The number of benzene rings is 2. The highest BCUT2D eigenvalue weighted by molar-refractivity contribution is 8.18. The number of amides is 2. The normalized spacial score (nSPS) is 18.5. The van der Waals surface area contributed by atoms with Crippen LogP contribution in [0.15, 0.2) is 53.6 Å². The van der Waals surface area contributed by atoms with Crippen molar-refractivity contribution in [3.05, 3.63) is 59.3 Å². The zero-order valence-electron chi connectivity index (χ0n) is 18.6. The first-order chi connectivity index (χ1) is 16.0. The van der Waals surface area contributed by atoms with Crippen molar-refractivity contribution in [2.75, 3.05) is 31.1 Å². The van der Waals surface area contributed by atoms with Crippen LogP contribution in [0.1, 0.15) is 19.5 Å². The lowest BCUT2D eigenvalue weighted by molar-refractivity contribution is -0.115. The van der Waals surface area contributed by atoms with Crippen molar-refractivity contribution in [2.45, 2.75) is 19.9 Å². The van der Waals surface area contributed by atoms with Gasteiger partial charge >= 0.3 is 0 Å². The molecule has 3 heterocycles. The molecule has 0 spiro atoms. The molecule has 0 bridgehead atoms. The van der Waals surface area contributed by atoms with Crippen molar-refractivity contribution in [1.29, 1.82) is 0 Å². The van der Waals surface area contributed by atoms with Gasteiger partial charge in [-0.15, -0.1) is 0 Å². The smallest absolute Gasteiger partial charge is 0.290 e. The standard InChI is InChI=1S/C25H25N5O2S/c1-16(2)29-10-12-30(13-11-29)19-8-6-17(7-9-19)20-4-3-5-21-23(20)27-18(15-26-21)14-22-24(31)28-25(32)33-22/h3-9,14-16H,10-13H2,1-2H3,(H,28,31,32). The average molecular weight is 460 g/mol. The third-order valence-corrected chi connectivity index (χ3v) is 6.91. The first-order valence-electron chi connectivity index (χ1n) is 11.1. The van der Waals surface area contributed by atoms with Crippen LogP contribution in [0.2, 0.25) is 0 Å². The van der Waals surface area contributed by atoms with Crippen molar-refractivity contribution in [3.63, 3.8) is 0 Å². The van der Waals surface area contributed by atoms with Crippen molar-refractivity contribution in [2.24, 2.45) is 0 Å². The Bertz CT molecular complexity index is 1250. The first-order valence-corrected chi connectivity index (χ1v) is 11.9. The van der Waals surface area contributed by atoms with Crippen LogP contribution < -0.4 is 10.2 Å². The lowest BCUT2D eigenvalue weighted by atomic mass is 10.0.